The van der Waals surface area contributed by atoms with E-state index in [0.29, 0.717) is 12.5 Å². The van der Waals surface area contributed by atoms with Gasteiger partial charge in [0.05, 0.1) is 18.3 Å². The third-order valence-corrected chi connectivity index (χ3v) is 18.5. The predicted molar refractivity (Wildman–Crippen MR) is 188 cm³/mol. The number of benzene rings is 1. The normalized spacial score (nSPS) is 21.7. The highest BCUT2D eigenvalue weighted by Gasteiger charge is 2.40. The highest BCUT2D eigenvalue weighted by Crippen LogP contribution is 2.42. The van der Waals surface area contributed by atoms with Gasteiger partial charge in [0, 0.05) is 18.9 Å². The molecule has 1 fully saturated rings. The van der Waals surface area contributed by atoms with Gasteiger partial charge in [-0.1, -0.05) is 90.1 Å². The average Bonchev–Trinajstić information content (AvgIpc) is 2.85. The van der Waals surface area contributed by atoms with E-state index in [1.165, 1.54) is 0 Å². The maximum Gasteiger partial charge on any atom is 0.192 e. The van der Waals surface area contributed by atoms with Gasteiger partial charge in [-0.15, -0.1) is 12.3 Å². The third-order valence-electron chi connectivity index (χ3n) is 9.36. The van der Waals surface area contributed by atoms with E-state index in [4.69, 9.17) is 24.7 Å². The SMILES string of the molecule is C#CC[C@H](O[Si](C)(C)C(C)(C)C)c1cccc([C@H]2C[C@H](/C=C/C=C/CCC[C@@H](C)O[Si](C)(C)C(C)(C)C)OC(C)(C)O2)c1. The molecule has 0 aromatic heterocycles. The Labute approximate surface area is 267 Å². The summed E-state index contributed by atoms with van der Waals surface area (Å²) in [6, 6.07) is 8.59. The van der Waals surface area contributed by atoms with Crippen molar-refractivity contribution in [2.24, 2.45) is 0 Å². The Kier molecular flexibility index (Phi) is 13.3. The lowest BCUT2D eigenvalue weighted by Gasteiger charge is -2.41. The number of unbranched alkanes of at least 4 members (excludes halogenated alkanes) is 1. The molecule has 43 heavy (non-hydrogen) atoms. The second kappa shape index (κ2) is 15.2. The molecule has 0 N–H and O–H groups in total. The zero-order valence-electron chi connectivity index (χ0n) is 29.7. The van der Waals surface area contributed by atoms with Gasteiger partial charge in [-0.05, 0) is 87.4 Å². The van der Waals surface area contributed by atoms with Gasteiger partial charge in [-0.2, -0.15) is 0 Å². The molecule has 4 atom stereocenters. The highest BCUT2D eigenvalue weighted by molar-refractivity contribution is 6.74. The van der Waals surface area contributed by atoms with Crippen LogP contribution in [-0.4, -0.2) is 34.6 Å². The molecule has 0 amide bonds. The summed E-state index contributed by atoms with van der Waals surface area (Å²) in [6.07, 6.45) is 19.1. The van der Waals surface area contributed by atoms with Crippen LogP contribution in [0.1, 0.15) is 118 Å². The van der Waals surface area contributed by atoms with Crippen molar-refractivity contribution in [3.05, 3.63) is 59.7 Å². The van der Waals surface area contributed by atoms with Gasteiger partial charge in [-0.3, -0.25) is 0 Å². The molecule has 0 saturated carbocycles. The highest BCUT2D eigenvalue weighted by atomic mass is 28.4. The summed E-state index contributed by atoms with van der Waals surface area (Å²) in [5.74, 6) is 2.16. The summed E-state index contributed by atoms with van der Waals surface area (Å²) in [6.45, 7) is 29.1. The van der Waals surface area contributed by atoms with Crippen LogP contribution in [0.4, 0.5) is 0 Å². The molecule has 4 nitrogen and oxygen atoms in total. The molecule has 1 aromatic carbocycles. The van der Waals surface area contributed by atoms with Crippen LogP contribution in [0.25, 0.3) is 0 Å². The molecule has 2 rings (SSSR count). The maximum absolute atomic E-state index is 6.78. The minimum absolute atomic E-state index is 0.0370. The molecule has 242 valence electrons. The summed E-state index contributed by atoms with van der Waals surface area (Å²) in [5.41, 5.74) is 2.25. The molecule has 6 heteroatoms. The molecule has 1 saturated heterocycles. The van der Waals surface area contributed by atoms with Crippen LogP contribution in [0, 0.1) is 12.3 Å². The van der Waals surface area contributed by atoms with E-state index < -0.39 is 22.4 Å². The molecule has 1 heterocycles. The number of hydrogen-bond donors (Lipinski definition) is 0. The van der Waals surface area contributed by atoms with Crippen LogP contribution >= 0.6 is 0 Å². The number of allylic oxidation sites excluding steroid dienone is 3. The van der Waals surface area contributed by atoms with Crippen molar-refractivity contribution in [1.82, 2.24) is 0 Å². The minimum atomic E-state index is -2.00. The summed E-state index contributed by atoms with van der Waals surface area (Å²) < 4.78 is 26.0. The van der Waals surface area contributed by atoms with Gasteiger partial charge < -0.3 is 18.3 Å². The van der Waals surface area contributed by atoms with E-state index in [-0.39, 0.29) is 28.4 Å². The molecular weight excluding hydrogens is 565 g/mol. The van der Waals surface area contributed by atoms with Crippen LogP contribution < -0.4 is 0 Å². The van der Waals surface area contributed by atoms with Crippen LogP contribution in [0.2, 0.25) is 36.3 Å². The van der Waals surface area contributed by atoms with E-state index in [0.717, 1.165) is 36.8 Å². The van der Waals surface area contributed by atoms with E-state index in [1.54, 1.807) is 0 Å². The van der Waals surface area contributed by atoms with Gasteiger partial charge >= 0.3 is 0 Å². The molecule has 1 aliphatic rings. The summed E-state index contributed by atoms with van der Waals surface area (Å²) in [4.78, 5) is 0. The lowest BCUT2D eigenvalue weighted by Crippen LogP contribution is -2.43. The largest absolute Gasteiger partial charge is 0.414 e. The van der Waals surface area contributed by atoms with Crippen molar-refractivity contribution in [1.29, 1.82) is 0 Å². The molecule has 1 aromatic rings. The Hall–Kier alpha value is -1.47. The Bertz CT molecular complexity index is 1110. The second-order valence-electron chi connectivity index (χ2n) is 15.8. The van der Waals surface area contributed by atoms with E-state index in [9.17, 15) is 0 Å². The molecule has 0 radical (unpaired) electrons. The fraction of sp³-hybridized carbons (Fsp3) is 0.676. The molecule has 0 bridgehead atoms. The molecule has 0 spiro atoms. The van der Waals surface area contributed by atoms with Crippen molar-refractivity contribution in [3.63, 3.8) is 0 Å². The van der Waals surface area contributed by atoms with Crippen LogP contribution in [0.3, 0.4) is 0 Å². The lowest BCUT2D eigenvalue weighted by atomic mass is 9.96. The summed E-state index contributed by atoms with van der Waals surface area (Å²) in [7, 11) is -3.70. The third kappa shape index (κ3) is 11.8. The van der Waals surface area contributed by atoms with Crippen molar-refractivity contribution >= 4 is 16.6 Å². The second-order valence-corrected chi connectivity index (χ2v) is 25.3. The first-order valence-electron chi connectivity index (χ1n) is 16.3. The topological polar surface area (TPSA) is 36.9 Å². The standard InChI is InChI=1S/C37H62O4Si2/c1-15-22-33(41-43(13,14)36(6,7)8)30-24-21-25-31(27-30)34-28-32(38-37(9,10)39-34)26-20-18-16-17-19-23-29(2)40-42(11,12)35(3,4)5/h1,16,18,20-21,24-27,29,32-34H,17,19,22-23,28H2,2-14H3/b18-16+,26-20+/t29-,32+,33+,34-/m1/s1. The molecule has 0 unspecified atom stereocenters. The van der Waals surface area contributed by atoms with E-state index in [1.807, 2.05) is 13.8 Å². The molecular formula is C37H62O4Si2. The quantitative estimate of drug-likeness (QED) is 0.0944. The zero-order valence-corrected chi connectivity index (χ0v) is 31.7. The van der Waals surface area contributed by atoms with Crippen molar-refractivity contribution in [2.75, 3.05) is 0 Å². The average molecular weight is 627 g/mol. The van der Waals surface area contributed by atoms with Crippen molar-refractivity contribution in [3.8, 4) is 12.3 Å². The maximum atomic E-state index is 6.78. The van der Waals surface area contributed by atoms with Crippen molar-refractivity contribution < 1.29 is 18.3 Å². The number of terminal acetylenes is 1. The lowest BCUT2D eigenvalue weighted by molar-refractivity contribution is -0.292. The first-order valence-corrected chi connectivity index (χ1v) is 22.1. The summed E-state index contributed by atoms with van der Waals surface area (Å²) in [5, 5.41) is 0.356. The Morgan fingerprint density at radius 3 is 2.23 bits per heavy atom. The fourth-order valence-corrected chi connectivity index (χ4v) is 7.58. The minimum Gasteiger partial charge on any atom is -0.414 e. The molecule has 0 aliphatic carbocycles. The van der Waals surface area contributed by atoms with Gasteiger partial charge in [0.1, 0.15) is 0 Å². The van der Waals surface area contributed by atoms with Gasteiger partial charge in [-0.25, -0.2) is 0 Å². The fourth-order valence-electron chi connectivity index (χ4n) is 4.82. The molecule has 1 aliphatic heterocycles. The van der Waals surface area contributed by atoms with Crippen LogP contribution in [0.15, 0.2) is 48.6 Å². The monoisotopic (exact) mass is 626 g/mol. The van der Waals surface area contributed by atoms with E-state index in [2.05, 4.69) is 129 Å². The first kappa shape index (κ1) is 37.7. The van der Waals surface area contributed by atoms with Gasteiger partial charge in [0.15, 0.2) is 22.4 Å². The zero-order chi connectivity index (χ0) is 32.7. The van der Waals surface area contributed by atoms with Crippen LogP contribution in [-0.2, 0) is 18.3 Å². The van der Waals surface area contributed by atoms with Crippen molar-refractivity contribution in [2.45, 2.75) is 161 Å². The predicted octanol–water partition coefficient (Wildman–Crippen LogP) is 11.0. The Morgan fingerprint density at radius 1 is 1.00 bits per heavy atom. The number of rotatable bonds is 13. The Balaban J connectivity index is 2.02. The number of ether oxygens (including phenoxy) is 2. The Morgan fingerprint density at radius 2 is 1.63 bits per heavy atom. The smallest absolute Gasteiger partial charge is 0.192 e. The number of hydrogen-bond acceptors (Lipinski definition) is 4. The van der Waals surface area contributed by atoms with Gasteiger partial charge in [0.25, 0.3) is 0 Å². The van der Waals surface area contributed by atoms with Crippen LogP contribution in [0.5, 0.6) is 0 Å². The first-order chi connectivity index (χ1) is 19.7. The van der Waals surface area contributed by atoms with Gasteiger partial charge in [0.2, 0.25) is 0 Å². The van der Waals surface area contributed by atoms with E-state index >= 15 is 0 Å². The summed E-state index contributed by atoms with van der Waals surface area (Å²) >= 11 is 0.